The van der Waals surface area contributed by atoms with Crippen molar-refractivity contribution in [1.82, 2.24) is 0 Å². The second-order valence-electron chi connectivity index (χ2n) is 7.71. The predicted octanol–water partition coefficient (Wildman–Crippen LogP) is 8.48. The fourth-order valence-corrected chi connectivity index (χ4v) is 3.93. The first kappa shape index (κ1) is 22.5. The number of benzene rings is 2. The molecule has 0 N–H and O–H groups in total. The lowest BCUT2D eigenvalue weighted by molar-refractivity contribution is 0.556. The van der Waals surface area contributed by atoms with Crippen LogP contribution in [-0.2, 0) is 12.8 Å². The minimum absolute atomic E-state index is 0.953. The molecule has 28 heavy (non-hydrogen) atoms. The van der Waals surface area contributed by atoms with E-state index in [1.54, 1.807) is 0 Å². The zero-order valence-corrected chi connectivity index (χ0v) is 18.3. The van der Waals surface area contributed by atoms with Gasteiger partial charge in [0.1, 0.15) is 0 Å². The van der Waals surface area contributed by atoms with E-state index >= 15 is 0 Å². The number of rotatable bonds is 14. The molecule has 2 aromatic carbocycles. The van der Waals surface area contributed by atoms with E-state index in [2.05, 4.69) is 65.6 Å². The summed E-state index contributed by atoms with van der Waals surface area (Å²) in [5.74, 6) is 0. The van der Waals surface area contributed by atoms with Crippen LogP contribution in [0, 0.1) is 0 Å². The lowest BCUT2D eigenvalue weighted by Crippen LogP contribution is -1.97. The van der Waals surface area contributed by atoms with Crippen molar-refractivity contribution in [3.8, 4) is 0 Å². The molecule has 2 rings (SSSR count). The van der Waals surface area contributed by atoms with Crippen molar-refractivity contribution in [2.24, 2.45) is 4.99 Å². The van der Waals surface area contributed by atoms with Crippen LogP contribution in [0.1, 0.15) is 87.8 Å². The Labute approximate surface area is 177 Å². The molecule has 2 heteroatoms. The van der Waals surface area contributed by atoms with Gasteiger partial charge in [-0.3, -0.25) is 0 Å². The summed E-state index contributed by atoms with van der Waals surface area (Å²) in [5, 5.41) is 2.56. The highest BCUT2D eigenvalue weighted by Crippen LogP contribution is 2.27. The molecule has 0 aliphatic heterocycles. The molecule has 150 valence electrons. The molecule has 0 fully saturated rings. The lowest BCUT2D eigenvalue weighted by Gasteiger charge is -2.12. The Balaban J connectivity index is 1.83. The molecule has 0 amide bonds. The summed E-state index contributed by atoms with van der Waals surface area (Å²) >= 11 is 4.87. The summed E-state index contributed by atoms with van der Waals surface area (Å²) in [6, 6.07) is 17.1. The van der Waals surface area contributed by atoms with Gasteiger partial charge < -0.3 is 0 Å². The predicted molar refractivity (Wildman–Crippen MR) is 126 cm³/mol. The third-order valence-corrected chi connectivity index (χ3v) is 5.52. The molecule has 2 aromatic rings. The van der Waals surface area contributed by atoms with Crippen molar-refractivity contribution in [1.29, 1.82) is 0 Å². The number of aliphatic imine (C=N–C) groups is 1. The van der Waals surface area contributed by atoms with E-state index in [1.165, 1.54) is 80.9 Å². The number of thiocarbonyl (C=S) groups is 1. The van der Waals surface area contributed by atoms with Crippen LogP contribution in [0.3, 0.4) is 0 Å². The Morgan fingerprint density at radius 1 is 0.750 bits per heavy atom. The van der Waals surface area contributed by atoms with Gasteiger partial charge in [0.2, 0.25) is 0 Å². The Hall–Kier alpha value is -1.76. The molecule has 0 aliphatic rings. The maximum Gasteiger partial charge on any atom is 0.0774 e. The van der Waals surface area contributed by atoms with Crippen LogP contribution in [0.4, 0.5) is 5.69 Å². The van der Waals surface area contributed by atoms with E-state index in [0.29, 0.717) is 0 Å². The average molecular weight is 394 g/mol. The highest BCUT2D eigenvalue weighted by atomic mass is 32.1. The normalized spacial score (nSPS) is 10.6. The van der Waals surface area contributed by atoms with Gasteiger partial charge in [0.05, 0.1) is 10.8 Å². The molecule has 1 nitrogen and oxygen atoms in total. The first-order valence-electron chi connectivity index (χ1n) is 11.1. The molecule has 0 radical (unpaired) electrons. The molecule has 0 heterocycles. The van der Waals surface area contributed by atoms with E-state index in [-0.39, 0.29) is 0 Å². The highest BCUT2D eigenvalue weighted by Gasteiger charge is 2.09. The fourth-order valence-electron chi connectivity index (χ4n) is 3.83. The lowest BCUT2D eigenvalue weighted by atomic mass is 9.94. The van der Waals surface area contributed by atoms with Gasteiger partial charge >= 0.3 is 0 Å². The maximum atomic E-state index is 4.87. The third-order valence-electron chi connectivity index (χ3n) is 5.43. The van der Waals surface area contributed by atoms with Gasteiger partial charge in [0.25, 0.3) is 0 Å². The molecule has 0 saturated heterocycles. The summed E-state index contributed by atoms with van der Waals surface area (Å²) in [6.07, 6.45) is 15.7. The summed E-state index contributed by atoms with van der Waals surface area (Å²) < 4.78 is 0. The number of hydrogen-bond acceptors (Lipinski definition) is 2. The van der Waals surface area contributed by atoms with Crippen LogP contribution in [0.15, 0.2) is 53.5 Å². The van der Waals surface area contributed by atoms with Crippen molar-refractivity contribution >= 4 is 23.1 Å². The van der Waals surface area contributed by atoms with Gasteiger partial charge in [-0.2, -0.15) is 4.99 Å². The van der Waals surface area contributed by atoms with Crippen LogP contribution >= 0.6 is 12.2 Å². The number of unbranched alkanes of at least 4 members (excludes halogenated alkanes) is 9. The van der Waals surface area contributed by atoms with Gasteiger partial charge in [-0.1, -0.05) is 107 Å². The van der Waals surface area contributed by atoms with E-state index < -0.39 is 0 Å². The van der Waals surface area contributed by atoms with Crippen LogP contribution in [-0.4, -0.2) is 5.16 Å². The Kier molecular flexibility index (Phi) is 11.5. The number of hydrogen-bond donors (Lipinski definition) is 0. The van der Waals surface area contributed by atoms with Crippen LogP contribution in [0.2, 0.25) is 0 Å². The zero-order valence-electron chi connectivity index (χ0n) is 17.5. The molecule has 0 spiro atoms. The molecule has 0 unspecified atom stereocenters. The van der Waals surface area contributed by atoms with Crippen LogP contribution in [0.5, 0.6) is 0 Å². The van der Waals surface area contributed by atoms with Crippen molar-refractivity contribution in [2.75, 3.05) is 0 Å². The summed E-state index contributed by atoms with van der Waals surface area (Å²) in [4.78, 5) is 4.34. The molecule has 0 atom stereocenters. The van der Waals surface area contributed by atoms with Gasteiger partial charge in [0.15, 0.2) is 0 Å². The first-order chi connectivity index (χ1) is 13.8. The second-order valence-corrected chi connectivity index (χ2v) is 7.89. The van der Waals surface area contributed by atoms with Gasteiger partial charge in [0, 0.05) is 0 Å². The quantitative estimate of drug-likeness (QED) is 0.178. The first-order valence-corrected chi connectivity index (χ1v) is 11.5. The van der Waals surface area contributed by atoms with Crippen molar-refractivity contribution in [3.05, 3.63) is 65.2 Å². The SMILES string of the molecule is CCCCCCCCCCCCc1c(Cc2ccccc2)cccc1N=C=S. The van der Waals surface area contributed by atoms with E-state index in [0.717, 1.165) is 18.5 Å². The van der Waals surface area contributed by atoms with E-state index in [1.807, 2.05) is 0 Å². The monoisotopic (exact) mass is 393 g/mol. The van der Waals surface area contributed by atoms with Gasteiger partial charge in [-0.15, -0.1) is 0 Å². The largest absolute Gasteiger partial charge is 0.194 e. The zero-order chi connectivity index (χ0) is 19.9. The van der Waals surface area contributed by atoms with E-state index in [9.17, 15) is 0 Å². The molecular weight excluding hydrogens is 358 g/mol. The molecule has 0 aromatic heterocycles. The van der Waals surface area contributed by atoms with Crippen molar-refractivity contribution < 1.29 is 0 Å². The Bertz CT molecular complexity index is 716. The Morgan fingerprint density at radius 2 is 1.39 bits per heavy atom. The number of isothiocyanates is 1. The summed E-state index contributed by atoms with van der Waals surface area (Å²) in [6.45, 7) is 2.28. The molecule has 0 saturated carbocycles. The molecular formula is C26H35NS. The summed E-state index contributed by atoms with van der Waals surface area (Å²) in [5.41, 5.74) is 5.06. The van der Waals surface area contributed by atoms with Gasteiger partial charge in [-0.05, 0) is 54.2 Å². The molecule has 0 aliphatic carbocycles. The molecule has 0 bridgehead atoms. The minimum Gasteiger partial charge on any atom is -0.194 e. The highest BCUT2D eigenvalue weighted by molar-refractivity contribution is 7.78. The topological polar surface area (TPSA) is 12.4 Å². The maximum absolute atomic E-state index is 4.87. The van der Waals surface area contributed by atoms with E-state index in [4.69, 9.17) is 12.2 Å². The third kappa shape index (κ3) is 8.50. The standard InChI is InChI=1S/C26H35NS/c1-2-3-4-5-6-7-8-9-10-14-19-25-24(18-15-20-26(25)27-22-28)21-23-16-12-11-13-17-23/h11-13,15-18,20H,2-10,14,19,21H2,1H3. The second kappa shape index (κ2) is 14.3. The van der Waals surface area contributed by atoms with Crippen LogP contribution < -0.4 is 0 Å². The average Bonchev–Trinajstić information content (AvgIpc) is 2.72. The van der Waals surface area contributed by atoms with Crippen LogP contribution in [0.25, 0.3) is 0 Å². The summed E-state index contributed by atoms with van der Waals surface area (Å²) in [7, 11) is 0. The smallest absolute Gasteiger partial charge is 0.0774 e. The van der Waals surface area contributed by atoms with Crippen molar-refractivity contribution in [3.63, 3.8) is 0 Å². The fraction of sp³-hybridized carbons (Fsp3) is 0.500. The van der Waals surface area contributed by atoms with Crippen molar-refractivity contribution in [2.45, 2.75) is 84.0 Å². The number of nitrogens with zero attached hydrogens (tertiary/aromatic N) is 1. The van der Waals surface area contributed by atoms with Gasteiger partial charge in [-0.25, -0.2) is 0 Å². The Morgan fingerprint density at radius 3 is 2.04 bits per heavy atom. The minimum atomic E-state index is 0.953.